The third-order valence-corrected chi connectivity index (χ3v) is 8.46. The molecule has 9 rings (SSSR count). The average molecular weight is 432 g/mol. The summed E-state index contributed by atoms with van der Waals surface area (Å²) in [6.07, 6.45) is 3.09. The maximum absolute atomic E-state index is 2.57. The third-order valence-electron chi connectivity index (χ3n) is 8.46. The summed E-state index contributed by atoms with van der Waals surface area (Å²) in [6.45, 7) is 0. The van der Waals surface area contributed by atoms with Crippen LogP contribution in [0.1, 0.15) is 33.4 Å². The maximum atomic E-state index is 2.57. The van der Waals surface area contributed by atoms with Crippen molar-refractivity contribution in [2.45, 2.75) is 19.3 Å². The van der Waals surface area contributed by atoms with Gasteiger partial charge in [-0.1, -0.05) is 72.8 Å². The number of aromatic nitrogens is 1. The fourth-order valence-corrected chi connectivity index (χ4v) is 7.09. The van der Waals surface area contributed by atoms with Crippen molar-refractivity contribution in [1.29, 1.82) is 0 Å². The molecule has 0 spiro atoms. The lowest BCUT2D eigenvalue weighted by atomic mass is 9.90. The molecule has 34 heavy (non-hydrogen) atoms. The monoisotopic (exact) mass is 431 g/mol. The van der Waals surface area contributed by atoms with E-state index in [1.54, 1.807) is 0 Å². The fraction of sp³-hybridized carbons (Fsp3) is 0.0909. The summed E-state index contributed by atoms with van der Waals surface area (Å²) >= 11 is 0. The highest BCUT2D eigenvalue weighted by Crippen LogP contribution is 2.51. The van der Waals surface area contributed by atoms with Crippen LogP contribution in [0.25, 0.3) is 49.7 Å². The Balaban J connectivity index is 1.53. The minimum Gasteiger partial charge on any atom is -0.309 e. The SMILES string of the molecule is c1ccc2c(c1)Cc1c-2cc2c3c4c(ccc3n3c2c1Cc1ccccc1-3)Cc1ccccc1-4. The normalized spacial score (nSPS) is 14.1. The Bertz CT molecular complexity index is 1880. The molecule has 1 nitrogen and oxygen atoms in total. The van der Waals surface area contributed by atoms with Crippen LogP contribution in [0.4, 0.5) is 0 Å². The lowest BCUT2D eigenvalue weighted by molar-refractivity contribution is 1.02. The molecule has 0 fully saturated rings. The van der Waals surface area contributed by atoms with E-state index in [0.717, 1.165) is 19.3 Å². The van der Waals surface area contributed by atoms with Gasteiger partial charge in [0.05, 0.1) is 11.0 Å². The number of rotatable bonds is 0. The Morgan fingerprint density at radius 1 is 0.529 bits per heavy atom. The fourth-order valence-electron chi connectivity index (χ4n) is 7.09. The van der Waals surface area contributed by atoms with Crippen LogP contribution in [-0.2, 0) is 19.3 Å². The Kier molecular flexibility index (Phi) is 3.00. The molecule has 1 aromatic heterocycles. The number of hydrogen-bond acceptors (Lipinski definition) is 0. The molecule has 5 aromatic carbocycles. The van der Waals surface area contributed by atoms with Gasteiger partial charge in [-0.2, -0.15) is 0 Å². The van der Waals surface area contributed by atoms with E-state index in [-0.39, 0.29) is 0 Å². The van der Waals surface area contributed by atoms with E-state index in [4.69, 9.17) is 0 Å². The standard InChI is InChI=1S/C33H21N/c1-4-10-23-20(8-1)16-25-26(23)18-28-32-30(14-13-22-15-19-7-2-5-11-24(19)31(22)32)34-29-12-6-3-9-21(29)17-27(25)33(28)34/h1-14,18H,15-17H2. The molecule has 0 radical (unpaired) electrons. The third kappa shape index (κ3) is 1.94. The van der Waals surface area contributed by atoms with Gasteiger partial charge in [-0.05, 0) is 86.7 Å². The number of nitrogens with zero attached hydrogens (tertiary/aromatic N) is 1. The molecule has 3 aliphatic rings. The second-order valence-electron chi connectivity index (χ2n) is 10.1. The number of benzene rings is 5. The molecule has 158 valence electrons. The van der Waals surface area contributed by atoms with E-state index in [0.29, 0.717) is 0 Å². The van der Waals surface area contributed by atoms with Gasteiger partial charge in [-0.3, -0.25) is 0 Å². The first-order chi connectivity index (χ1) is 16.9. The zero-order valence-electron chi connectivity index (χ0n) is 18.7. The van der Waals surface area contributed by atoms with E-state index in [2.05, 4.69) is 95.6 Å². The summed E-state index contributed by atoms with van der Waals surface area (Å²) in [6, 6.07) is 34.3. The average Bonchev–Trinajstić information content (AvgIpc) is 3.55. The summed E-state index contributed by atoms with van der Waals surface area (Å²) in [4.78, 5) is 0. The van der Waals surface area contributed by atoms with Crippen LogP contribution in [0.5, 0.6) is 0 Å². The molecule has 0 bridgehead atoms. The van der Waals surface area contributed by atoms with Crippen molar-refractivity contribution in [2.24, 2.45) is 0 Å². The predicted octanol–water partition coefficient (Wildman–Crippen LogP) is 7.83. The van der Waals surface area contributed by atoms with Crippen molar-refractivity contribution in [3.63, 3.8) is 0 Å². The lowest BCUT2D eigenvalue weighted by Gasteiger charge is -2.23. The topological polar surface area (TPSA) is 4.93 Å². The minimum atomic E-state index is 1.01. The van der Waals surface area contributed by atoms with E-state index >= 15 is 0 Å². The Hall–Kier alpha value is -4.10. The Labute approximate surface area is 197 Å². The minimum absolute atomic E-state index is 1.01. The largest absolute Gasteiger partial charge is 0.309 e. The first-order valence-electron chi connectivity index (χ1n) is 12.3. The van der Waals surface area contributed by atoms with Crippen molar-refractivity contribution in [3.05, 3.63) is 124 Å². The van der Waals surface area contributed by atoms with Crippen LogP contribution in [0, 0.1) is 0 Å². The zero-order chi connectivity index (χ0) is 22.0. The van der Waals surface area contributed by atoms with Crippen LogP contribution in [0.15, 0.2) is 91.0 Å². The van der Waals surface area contributed by atoms with E-state index in [9.17, 15) is 0 Å². The molecule has 1 aliphatic heterocycles. The second-order valence-corrected chi connectivity index (χ2v) is 10.1. The maximum Gasteiger partial charge on any atom is 0.0580 e. The van der Waals surface area contributed by atoms with Crippen LogP contribution < -0.4 is 0 Å². The summed E-state index contributed by atoms with van der Waals surface area (Å²) in [5, 5.41) is 2.85. The van der Waals surface area contributed by atoms with Crippen LogP contribution >= 0.6 is 0 Å². The number of para-hydroxylation sites is 1. The predicted molar refractivity (Wildman–Crippen MR) is 140 cm³/mol. The van der Waals surface area contributed by atoms with Crippen molar-refractivity contribution < 1.29 is 0 Å². The molecular weight excluding hydrogens is 410 g/mol. The summed E-state index contributed by atoms with van der Waals surface area (Å²) in [5.74, 6) is 0. The molecule has 0 N–H and O–H groups in total. The lowest BCUT2D eigenvalue weighted by Crippen LogP contribution is -2.09. The highest BCUT2D eigenvalue weighted by molar-refractivity contribution is 6.20. The molecule has 0 saturated heterocycles. The first kappa shape index (κ1) is 17.4. The van der Waals surface area contributed by atoms with Crippen molar-refractivity contribution in [3.8, 4) is 27.9 Å². The molecule has 0 unspecified atom stereocenters. The summed E-state index contributed by atoms with van der Waals surface area (Å²) in [5.41, 5.74) is 18.7. The van der Waals surface area contributed by atoms with Gasteiger partial charge in [-0.15, -0.1) is 0 Å². The van der Waals surface area contributed by atoms with Gasteiger partial charge in [0.15, 0.2) is 0 Å². The van der Waals surface area contributed by atoms with Gasteiger partial charge in [0.1, 0.15) is 0 Å². The van der Waals surface area contributed by atoms with Crippen LogP contribution in [0.3, 0.4) is 0 Å². The molecule has 0 atom stereocenters. The van der Waals surface area contributed by atoms with Gasteiger partial charge < -0.3 is 4.57 Å². The zero-order valence-corrected chi connectivity index (χ0v) is 18.7. The Morgan fingerprint density at radius 2 is 1.24 bits per heavy atom. The molecule has 2 heterocycles. The quantitative estimate of drug-likeness (QED) is 0.231. The van der Waals surface area contributed by atoms with Crippen molar-refractivity contribution in [2.75, 3.05) is 0 Å². The van der Waals surface area contributed by atoms with Gasteiger partial charge in [0.25, 0.3) is 0 Å². The van der Waals surface area contributed by atoms with Crippen molar-refractivity contribution in [1.82, 2.24) is 4.57 Å². The summed E-state index contributed by atoms with van der Waals surface area (Å²) in [7, 11) is 0. The van der Waals surface area contributed by atoms with Gasteiger partial charge >= 0.3 is 0 Å². The van der Waals surface area contributed by atoms with E-state index in [1.165, 1.54) is 83.1 Å². The molecule has 1 heteroatoms. The van der Waals surface area contributed by atoms with Gasteiger partial charge in [-0.25, -0.2) is 0 Å². The number of hydrogen-bond donors (Lipinski definition) is 0. The number of fused-ring (bicyclic) bond motifs is 13. The Morgan fingerprint density at radius 3 is 2.12 bits per heavy atom. The summed E-state index contributed by atoms with van der Waals surface area (Å²) < 4.78 is 2.57. The molecule has 6 aromatic rings. The highest BCUT2D eigenvalue weighted by atomic mass is 15.0. The molecule has 0 saturated carbocycles. The highest BCUT2D eigenvalue weighted by Gasteiger charge is 2.32. The van der Waals surface area contributed by atoms with E-state index < -0.39 is 0 Å². The van der Waals surface area contributed by atoms with Gasteiger partial charge in [0.2, 0.25) is 0 Å². The van der Waals surface area contributed by atoms with Crippen LogP contribution in [-0.4, -0.2) is 4.57 Å². The van der Waals surface area contributed by atoms with Crippen LogP contribution in [0.2, 0.25) is 0 Å². The second kappa shape index (κ2) is 5.87. The van der Waals surface area contributed by atoms with E-state index in [1.807, 2.05) is 0 Å². The molecule has 2 aliphatic carbocycles. The van der Waals surface area contributed by atoms with Gasteiger partial charge in [0, 0.05) is 22.9 Å². The van der Waals surface area contributed by atoms with Crippen molar-refractivity contribution >= 4 is 21.8 Å². The first-order valence-corrected chi connectivity index (χ1v) is 12.3. The smallest absolute Gasteiger partial charge is 0.0580 e. The molecular formula is C33H21N. The molecule has 0 amide bonds.